The van der Waals surface area contributed by atoms with Crippen molar-refractivity contribution in [2.24, 2.45) is 0 Å². The van der Waals surface area contributed by atoms with Crippen LogP contribution in [0.4, 0.5) is 13.2 Å². The van der Waals surface area contributed by atoms with Crippen LogP contribution in [0.5, 0.6) is 5.75 Å². The Balaban J connectivity index is 1.65. The summed E-state index contributed by atoms with van der Waals surface area (Å²) in [4.78, 5) is 16.7. The number of fused-ring (bicyclic) bond motifs is 1. The van der Waals surface area contributed by atoms with E-state index in [-0.39, 0.29) is 11.6 Å². The molecule has 0 bridgehead atoms. The average Bonchev–Trinajstić information content (AvgIpc) is 3.30. The summed E-state index contributed by atoms with van der Waals surface area (Å²) in [5.74, 6) is -0.280. The van der Waals surface area contributed by atoms with Crippen LogP contribution in [0.25, 0.3) is 10.9 Å². The van der Waals surface area contributed by atoms with Gasteiger partial charge in [0.15, 0.2) is 0 Å². The van der Waals surface area contributed by atoms with Gasteiger partial charge in [-0.1, -0.05) is 12.1 Å². The summed E-state index contributed by atoms with van der Waals surface area (Å²) >= 11 is 0. The first-order valence-corrected chi connectivity index (χ1v) is 11.1. The molecule has 0 amide bonds. The molecule has 9 heteroatoms. The number of aryl methyl sites for hydroxylation is 1. The van der Waals surface area contributed by atoms with E-state index in [0.29, 0.717) is 25.9 Å². The smallest absolute Gasteiger partial charge is 0.411 e. The summed E-state index contributed by atoms with van der Waals surface area (Å²) < 4.78 is 49.1. The molecular weight excluding hydrogens is 449 g/mol. The predicted octanol–water partition coefficient (Wildman–Crippen LogP) is 5.47. The van der Waals surface area contributed by atoms with Crippen LogP contribution < -0.4 is 4.74 Å². The number of carboxylic acid groups (broad SMARTS) is 1. The number of likely N-dealkylation sites (tertiary alicyclic amines) is 1. The van der Waals surface area contributed by atoms with Crippen molar-refractivity contribution in [1.29, 1.82) is 0 Å². The van der Waals surface area contributed by atoms with Crippen LogP contribution in [-0.4, -0.2) is 53.5 Å². The van der Waals surface area contributed by atoms with Crippen molar-refractivity contribution in [3.8, 4) is 5.75 Å². The number of methoxy groups -OCH3 is 1. The van der Waals surface area contributed by atoms with Crippen molar-refractivity contribution in [1.82, 2.24) is 9.88 Å². The number of H-pyrrole nitrogens is 1. The first kappa shape index (κ1) is 24.1. The highest BCUT2D eigenvalue weighted by Gasteiger charge is 2.35. The lowest BCUT2D eigenvalue weighted by molar-refractivity contribution is -0.191. The molecular formula is C25H27F3N2O4. The van der Waals surface area contributed by atoms with Gasteiger partial charge in [0.25, 0.3) is 0 Å². The Morgan fingerprint density at radius 1 is 1.24 bits per heavy atom. The van der Waals surface area contributed by atoms with Gasteiger partial charge in [0, 0.05) is 41.8 Å². The molecule has 0 saturated carbocycles. The van der Waals surface area contributed by atoms with E-state index in [1.54, 1.807) is 19.2 Å². The van der Waals surface area contributed by atoms with E-state index in [0.717, 1.165) is 33.3 Å². The molecule has 34 heavy (non-hydrogen) atoms. The minimum Gasteiger partial charge on any atom is -0.496 e. The number of nitrogens with one attached hydrogen (secondary N) is 1. The van der Waals surface area contributed by atoms with Crippen molar-refractivity contribution in [2.75, 3.05) is 20.3 Å². The molecule has 0 radical (unpaired) electrons. The molecule has 3 aromatic rings. The van der Waals surface area contributed by atoms with Gasteiger partial charge < -0.3 is 19.6 Å². The number of halogens is 3. The zero-order valence-corrected chi connectivity index (χ0v) is 19.0. The minimum atomic E-state index is -4.38. The van der Waals surface area contributed by atoms with Gasteiger partial charge in [0.05, 0.1) is 18.8 Å². The Labute approximate surface area is 195 Å². The number of aromatic nitrogens is 1. The minimum absolute atomic E-state index is 0.158. The van der Waals surface area contributed by atoms with Crippen LogP contribution in [0.3, 0.4) is 0 Å². The van der Waals surface area contributed by atoms with Gasteiger partial charge in [-0.25, -0.2) is 4.79 Å². The number of carbonyl (C=O) groups is 1. The third-order valence-electron chi connectivity index (χ3n) is 6.38. The lowest BCUT2D eigenvalue weighted by Gasteiger charge is -2.40. The van der Waals surface area contributed by atoms with Crippen LogP contribution >= 0.6 is 0 Å². The second-order valence-electron chi connectivity index (χ2n) is 8.63. The quantitative estimate of drug-likeness (QED) is 0.473. The Kier molecular flexibility index (Phi) is 6.86. The van der Waals surface area contributed by atoms with Crippen molar-refractivity contribution < 1.29 is 32.5 Å². The van der Waals surface area contributed by atoms with Crippen molar-refractivity contribution in [3.05, 3.63) is 64.8 Å². The summed E-state index contributed by atoms with van der Waals surface area (Å²) in [6.07, 6.45) is -2.23. The summed E-state index contributed by atoms with van der Waals surface area (Å²) in [6.45, 7) is 1.77. The van der Waals surface area contributed by atoms with Gasteiger partial charge in [-0.15, -0.1) is 0 Å². The molecule has 0 spiro atoms. The number of carboxylic acids is 1. The average molecular weight is 476 g/mol. The molecule has 2 atom stereocenters. The number of benzene rings is 2. The zero-order chi connectivity index (χ0) is 24.5. The van der Waals surface area contributed by atoms with Crippen LogP contribution in [-0.2, 0) is 11.3 Å². The van der Waals surface area contributed by atoms with Crippen LogP contribution in [0.15, 0.2) is 42.6 Å². The highest BCUT2D eigenvalue weighted by Crippen LogP contribution is 2.38. The number of aromatic amines is 1. The molecule has 1 saturated heterocycles. The van der Waals surface area contributed by atoms with Crippen LogP contribution in [0.2, 0.25) is 0 Å². The van der Waals surface area contributed by atoms with E-state index < -0.39 is 24.9 Å². The Hall–Kier alpha value is -3.04. The third kappa shape index (κ3) is 5.20. The monoisotopic (exact) mass is 476 g/mol. The van der Waals surface area contributed by atoms with Gasteiger partial charge in [-0.05, 0) is 55.2 Å². The number of piperidine rings is 1. The number of nitrogens with zero attached hydrogens (tertiary/aromatic N) is 1. The molecule has 1 aromatic heterocycles. The highest BCUT2D eigenvalue weighted by molar-refractivity contribution is 5.88. The fraction of sp³-hybridized carbons (Fsp3) is 0.400. The van der Waals surface area contributed by atoms with Crippen LogP contribution in [0, 0.1) is 6.92 Å². The number of ether oxygens (including phenoxy) is 2. The molecule has 6 nitrogen and oxygen atoms in total. The third-order valence-corrected chi connectivity index (χ3v) is 6.38. The topological polar surface area (TPSA) is 74.8 Å². The van der Waals surface area contributed by atoms with E-state index in [1.165, 1.54) is 12.1 Å². The maximum atomic E-state index is 12.7. The molecule has 2 N–H and O–H groups in total. The number of alkyl halides is 3. The molecule has 1 aliphatic heterocycles. The van der Waals surface area contributed by atoms with E-state index in [1.807, 2.05) is 25.3 Å². The predicted molar refractivity (Wildman–Crippen MR) is 121 cm³/mol. The lowest BCUT2D eigenvalue weighted by Crippen LogP contribution is -2.40. The number of aromatic carboxylic acids is 1. The normalized spacial score (nSPS) is 19.4. The molecule has 2 aromatic carbocycles. The van der Waals surface area contributed by atoms with Gasteiger partial charge >= 0.3 is 12.1 Å². The molecule has 0 aliphatic carbocycles. The molecule has 1 fully saturated rings. The molecule has 1 aliphatic rings. The molecule has 4 rings (SSSR count). The number of hydrogen-bond donors (Lipinski definition) is 2. The van der Waals surface area contributed by atoms with Crippen molar-refractivity contribution >= 4 is 16.9 Å². The first-order valence-electron chi connectivity index (χ1n) is 11.1. The Bertz CT molecular complexity index is 1160. The lowest BCUT2D eigenvalue weighted by atomic mass is 9.91. The fourth-order valence-electron chi connectivity index (χ4n) is 4.71. The van der Waals surface area contributed by atoms with Gasteiger partial charge in [0.1, 0.15) is 12.4 Å². The first-order chi connectivity index (χ1) is 16.2. The summed E-state index contributed by atoms with van der Waals surface area (Å²) in [6, 6.07) is 10.2. The van der Waals surface area contributed by atoms with Gasteiger partial charge in [-0.2, -0.15) is 13.2 Å². The zero-order valence-electron chi connectivity index (χ0n) is 19.0. The van der Waals surface area contributed by atoms with Crippen molar-refractivity contribution in [3.63, 3.8) is 0 Å². The number of rotatable bonds is 7. The largest absolute Gasteiger partial charge is 0.496 e. The molecule has 0 unspecified atom stereocenters. The highest BCUT2D eigenvalue weighted by atomic mass is 19.4. The van der Waals surface area contributed by atoms with E-state index in [4.69, 9.17) is 9.47 Å². The maximum absolute atomic E-state index is 12.7. The van der Waals surface area contributed by atoms with Crippen molar-refractivity contribution in [2.45, 2.75) is 44.6 Å². The molecule has 2 heterocycles. The van der Waals surface area contributed by atoms with Gasteiger partial charge in [-0.3, -0.25) is 4.90 Å². The second kappa shape index (κ2) is 9.68. The summed E-state index contributed by atoms with van der Waals surface area (Å²) in [5.41, 5.74) is 4.06. The molecule has 182 valence electrons. The standard InChI is InChI=1S/C25H27F3N2O4/c1-15-11-22(33-2)20(19-7-9-29-23(15)19)13-30-10-8-18(34-14-25(26,27)28)12-21(30)16-3-5-17(6-4-16)24(31)32/h3-7,9,11,18,21,29H,8,10,12-14H2,1-2H3,(H,31,32)/t18-,21-/m0/s1. The summed E-state index contributed by atoms with van der Waals surface area (Å²) in [5, 5.41) is 10.3. The van der Waals surface area contributed by atoms with Crippen LogP contribution in [0.1, 0.15) is 45.9 Å². The maximum Gasteiger partial charge on any atom is 0.411 e. The van der Waals surface area contributed by atoms with E-state index in [2.05, 4.69) is 9.88 Å². The SMILES string of the molecule is COc1cc(C)c2[nH]ccc2c1CN1CC[C@H](OCC(F)(F)F)C[C@H]1c1ccc(C(=O)O)cc1. The Morgan fingerprint density at radius 3 is 2.62 bits per heavy atom. The summed E-state index contributed by atoms with van der Waals surface area (Å²) in [7, 11) is 1.62. The van der Waals surface area contributed by atoms with E-state index >= 15 is 0 Å². The second-order valence-corrected chi connectivity index (χ2v) is 8.63. The fourth-order valence-corrected chi connectivity index (χ4v) is 4.71. The number of hydrogen-bond acceptors (Lipinski definition) is 4. The van der Waals surface area contributed by atoms with Gasteiger partial charge in [0.2, 0.25) is 0 Å². The Morgan fingerprint density at radius 2 is 1.97 bits per heavy atom. The van der Waals surface area contributed by atoms with E-state index in [9.17, 15) is 23.1 Å².